The number of halogens is 2. The monoisotopic (exact) mass is 287 g/mol. The van der Waals surface area contributed by atoms with Crippen molar-refractivity contribution in [3.63, 3.8) is 0 Å². The largest absolute Gasteiger partial charge is 0.493 e. The maximum atomic E-state index is 12.9. The van der Waals surface area contributed by atoms with E-state index in [1.54, 1.807) is 6.92 Å². The summed E-state index contributed by atoms with van der Waals surface area (Å²) in [6, 6.07) is 3.01. The Morgan fingerprint density at radius 2 is 1.85 bits per heavy atom. The third-order valence-corrected chi connectivity index (χ3v) is 2.85. The molecular formula is C14H19F2NO3. The Kier molecular flexibility index (Phi) is 5.88. The summed E-state index contributed by atoms with van der Waals surface area (Å²) in [5, 5.41) is 0. The molecule has 2 N–H and O–H groups in total. The average molecular weight is 287 g/mol. The number of ether oxygens (including phenoxy) is 2. The van der Waals surface area contributed by atoms with Gasteiger partial charge in [0.15, 0.2) is 0 Å². The van der Waals surface area contributed by atoms with E-state index in [0.29, 0.717) is 25.9 Å². The number of nitrogens with two attached hydrogens (primary N) is 1. The summed E-state index contributed by atoms with van der Waals surface area (Å²) >= 11 is 0. The topological polar surface area (TPSA) is 61.5 Å². The Labute approximate surface area is 116 Å². The minimum Gasteiger partial charge on any atom is -0.493 e. The summed E-state index contributed by atoms with van der Waals surface area (Å²) in [4.78, 5) is 11.3. The van der Waals surface area contributed by atoms with Crippen LogP contribution in [0.3, 0.4) is 0 Å². The van der Waals surface area contributed by atoms with E-state index >= 15 is 0 Å². The maximum Gasteiger partial charge on any atom is 0.325 e. The number of benzene rings is 1. The average Bonchev–Trinajstić information content (AvgIpc) is 2.36. The Hall–Kier alpha value is -1.69. The first-order chi connectivity index (χ1) is 9.35. The van der Waals surface area contributed by atoms with Crippen molar-refractivity contribution in [1.82, 2.24) is 0 Å². The van der Waals surface area contributed by atoms with Crippen LogP contribution in [0.4, 0.5) is 8.78 Å². The highest BCUT2D eigenvalue weighted by atomic mass is 19.1. The van der Waals surface area contributed by atoms with Crippen LogP contribution in [0.5, 0.6) is 5.75 Å². The first-order valence-electron chi connectivity index (χ1n) is 6.31. The fraction of sp³-hybridized carbons (Fsp3) is 0.500. The molecule has 0 aliphatic heterocycles. The van der Waals surface area contributed by atoms with Crippen molar-refractivity contribution in [2.45, 2.75) is 31.7 Å². The maximum absolute atomic E-state index is 12.9. The summed E-state index contributed by atoms with van der Waals surface area (Å²) in [7, 11) is 1.29. The van der Waals surface area contributed by atoms with E-state index in [2.05, 4.69) is 4.74 Å². The van der Waals surface area contributed by atoms with Gasteiger partial charge in [-0.05, 0) is 26.2 Å². The molecule has 20 heavy (non-hydrogen) atoms. The van der Waals surface area contributed by atoms with E-state index in [1.165, 1.54) is 7.11 Å². The van der Waals surface area contributed by atoms with Crippen molar-refractivity contribution in [3.05, 3.63) is 29.8 Å². The highest BCUT2D eigenvalue weighted by Gasteiger charge is 2.28. The summed E-state index contributed by atoms with van der Waals surface area (Å²) < 4.78 is 35.6. The van der Waals surface area contributed by atoms with Crippen LogP contribution in [-0.4, -0.2) is 25.2 Å². The van der Waals surface area contributed by atoms with Crippen molar-refractivity contribution in [2.24, 2.45) is 5.73 Å². The minimum atomic E-state index is -1.03. The zero-order chi connectivity index (χ0) is 15.2. The molecule has 1 rings (SSSR count). The molecule has 0 aromatic heterocycles. The Balaban J connectivity index is 2.30. The first kappa shape index (κ1) is 16.4. The van der Waals surface area contributed by atoms with E-state index in [9.17, 15) is 13.6 Å². The van der Waals surface area contributed by atoms with Crippen LogP contribution in [0, 0.1) is 11.6 Å². The van der Waals surface area contributed by atoms with Gasteiger partial charge in [-0.1, -0.05) is 0 Å². The van der Waals surface area contributed by atoms with Gasteiger partial charge in [0, 0.05) is 18.2 Å². The molecule has 112 valence electrons. The number of methoxy groups -OCH3 is 1. The molecule has 4 nitrogen and oxygen atoms in total. The fourth-order valence-corrected chi connectivity index (χ4v) is 1.73. The van der Waals surface area contributed by atoms with Crippen molar-refractivity contribution in [3.8, 4) is 5.75 Å². The second-order valence-electron chi connectivity index (χ2n) is 4.82. The minimum absolute atomic E-state index is 0.144. The van der Waals surface area contributed by atoms with Gasteiger partial charge in [-0.3, -0.25) is 4.79 Å². The molecule has 1 unspecified atom stereocenters. The molecule has 1 aromatic rings. The molecule has 0 amide bonds. The predicted octanol–water partition coefficient (Wildman–Crippen LogP) is 2.40. The third kappa shape index (κ3) is 5.13. The van der Waals surface area contributed by atoms with Crippen LogP contribution < -0.4 is 10.5 Å². The van der Waals surface area contributed by atoms with Crippen LogP contribution >= 0.6 is 0 Å². The van der Waals surface area contributed by atoms with Gasteiger partial charge in [0.25, 0.3) is 0 Å². The fourth-order valence-electron chi connectivity index (χ4n) is 1.73. The number of carbonyl (C=O) groups excluding carboxylic acids is 1. The van der Waals surface area contributed by atoms with E-state index in [4.69, 9.17) is 10.5 Å². The van der Waals surface area contributed by atoms with Crippen LogP contribution in [0.1, 0.15) is 26.2 Å². The number of esters is 1. The van der Waals surface area contributed by atoms with Crippen LogP contribution in [-0.2, 0) is 9.53 Å². The summed E-state index contributed by atoms with van der Waals surface area (Å²) in [6.45, 7) is 1.89. The first-order valence-corrected chi connectivity index (χ1v) is 6.31. The number of hydrogen-bond acceptors (Lipinski definition) is 4. The molecule has 0 fully saturated rings. The van der Waals surface area contributed by atoms with E-state index in [0.717, 1.165) is 18.2 Å². The number of unbranched alkanes of at least 4 members (excludes halogenated alkanes) is 1. The normalized spacial score (nSPS) is 13.7. The Bertz CT molecular complexity index is 443. The van der Waals surface area contributed by atoms with E-state index < -0.39 is 23.1 Å². The smallest absolute Gasteiger partial charge is 0.325 e. The molecule has 0 aliphatic rings. The van der Waals surface area contributed by atoms with Crippen molar-refractivity contribution >= 4 is 5.97 Å². The quantitative estimate of drug-likeness (QED) is 0.618. The molecule has 0 radical (unpaired) electrons. The molecule has 0 saturated carbocycles. The van der Waals surface area contributed by atoms with Gasteiger partial charge >= 0.3 is 5.97 Å². The SMILES string of the molecule is COC(=O)C(C)(N)CCCCOc1cc(F)cc(F)c1. The molecule has 0 heterocycles. The summed E-state index contributed by atoms with van der Waals surface area (Å²) in [5.41, 5.74) is 4.76. The third-order valence-electron chi connectivity index (χ3n) is 2.85. The summed E-state index contributed by atoms with van der Waals surface area (Å²) in [6.07, 6.45) is 1.70. The van der Waals surface area contributed by atoms with Crippen molar-refractivity contribution in [2.75, 3.05) is 13.7 Å². The van der Waals surface area contributed by atoms with E-state index in [-0.39, 0.29) is 5.75 Å². The Morgan fingerprint density at radius 1 is 1.25 bits per heavy atom. The van der Waals surface area contributed by atoms with Gasteiger partial charge in [0.05, 0.1) is 13.7 Å². The van der Waals surface area contributed by atoms with Gasteiger partial charge in [0.2, 0.25) is 0 Å². The van der Waals surface area contributed by atoms with Gasteiger partial charge < -0.3 is 15.2 Å². The second-order valence-corrected chi connectivity index (χ2v) is 4.82. The molecule has 6 heteroatoms. The Morgan fingerprint density at radius 3 is 2.40 bits per heavy atom. The lowest BCUT2D eigenvalue weighted by Crippen LogP contribution is -2.45. The lowest BCUT2D eigenvalue weighted by atomic mass is 9.96. The van der Waals surface area contributed by atoms with E-state index in [1.807, 2.05) is 0 Å². The molecule has 1 atom stereocenters. The highest BCUT2D eigenvalue weighted by molar-refractivity contribution is 5.79. The lowest BCUT2D eigenvalue weighted by Gasteiger charge is -2.21. The van der Waals surface area contributed by atoms with Crippen molar-refractivity contribution in [1.29, 1.82) is 0 Å². The lowest BCUT2D eigenvalue weighted by molar-refractivity contribution is -0.146. The molecule has 1 aromatic carbocycles. The van der Waals surface area contributed by atoms with Gasteiger partial charge in [-0.25, -0.2) is 8.78 Å². The molecule has 0 spiro atoms. The number of rotatable bonds is 7. The molecule has 0 aliphatic carbocycles. The molecular weight excluding hydrogens is 268 g/mol. The molecule has 0 bridgehead atoms. The van der Waals surface area contributed by atoms with Crippen molar-refractivity contribution < 1.29 is 23.0 Å². The molecule has 0 saturated heterocycles. The predicted molar refractivity (Wildman–Crippen MR) is 70.3 cm³/mol. The number of carbonyl (C=O) groups is 1. The second kappa shape index (κ2) is 7.19. The zero-order valence-electron chi connectivity index (χ0n) is 11.6. The van der Waals surface area contributed by atoms with Gasteiger partial charge in [0.1, 0.15) is 22.9 Å². The van der Waals surface area contributed by atoms with Crippen LogP contribution in [0.25, 0.3) is 0 Å². The summed E-state index contributed by atoms with van der Waals surface area (Å²) in [5.74, 6) is -1.68. The zero-order valence-corrected chi connectivity index (χ0v) is 11.6. The van der Waals surface area contributed by atoms with Gasteiger partial charge in [-0.15, -0.1) is 0 Å². The number of hydrogen-bond donors (Lipinski definition) is 1. The van der Waals surface area contributed by atoms with Crippen LogP contribution in [0.15, 0.2) is 18.2 Å². The standard InChI is InChI=1S/C14H19F2NO3/c1-14(17,13(18)19-2)5-3-4-6-20-12-8-10(15)7-11(16)9-12/h7-9H,3-6,17H2,1-2H3. The highest BCUT2D eigenvalue weighted by Crippen LogP contribution is 2.17. The van der Waals surface area contributed by atoms with Crippen LogP contribution in [0.2, 0.25) is 0 Å². The van der Waals surface area contributed by atoms with Gasteiger partial charge in [-0.2, -0.15) is 0 Å².